The van der Waals surface area contributed by atoms with Gasteiger partial charge in [0.15, 0.2) is 0 Å². The van der Waals surface area contributed by atoms with E-state index in [9.17, 15) is 4.39 Å². The maximum atomic E-state index is 13.2. The molecule has 1 aromatic carbocycles. The fourth-order valence-electron chi connectivity index (χ4n) is 1.94. The Morgan fingerprint density at radius 1 is 1.24 bits per heavy atom. The molecule has 21 heavy (non-hydrogen) atoms. The lowest BCUT2D eigenvalue weighted by Crippen LogP contribution is -2.14. The number of aromatic nitrogens is 1. The monoisotopic (exact) mass is 288 g/mol. The van der Waals surface area contributed by atoms with Crippen LogP contribution >= 0.6 is 0 Å². The first kappa shape index (κ1) is 15.4. The van der Waals surface area contributed by atoms with Crippen LogP contribution < -0.4 is 10.1 Å². The van der Waals surface area contributed by atoms with Gasteiger partial charge >= 0.3 is 0 Å². The number of rotatable bonds is 7. The van der Waals surface area contributed by atoms with Gasteiger partial charge < -0.3 is 10.1 Å². The van der Waals surface area contributed by atoms with Crippen molar-refractivity contribution in [1.82, 2.24) is 10.3 Å². The second-order valence-electron chi connectivity index (χ2n) is 5.03. The summed E-state index contributed by atoms with van der Waals surface area (Å²) in [5, 5.41) is 3.33. The molecular weight excluding hydrogens is 267 g/mol. The fraction of sp³-hybridized carbons (Fsp3) is 0.353. The third-order valence-corrected chi connectivity index (χ3v) is 3.17. The van der Waals surface area contributed by atoms with Gasteiger partial charge in [-0.25, -0.2) is 4.39 Å². The first-order chi connectivity index (χ1) is 10.2. The summed E-state index contributed by atoms with van der Waals surface area (Å²) in [7, 11) is 0. The Hall–Kier alpha value is -1.94. The zero-order valence-corrected chi connectivity index (χ0v) is 12.5. The van der Waals surface area contributed by atoms with Crippen LogP contribution in [-0.2, 0) is 13.2 Å². The molecular formula is C17H21FN2O. The second-order valence-corrected chi connectivity index (χ2v) is 5.03. The lowest BCUT2D eigenvalue weighted by atomic mass is 10.2. The van der Waals surface area contributed by atoms with Crippen molar-refractivity contribution in [3.63, 3.8) is 0 Å². The average Bonchev–Trinajstić information content (AvgIpc) is 2.50. The molecule has 1 N–H and O–H groups in total. The highest BCUT2D eigenvalue weighted by atomic mass is 19.1. The lowest BCUT2D eigenvalue weighted by Gasteiger charge is -2.09. The number of nitrogens with zero attached hydrogens (tertiary/aromatic N) is 1. The van der Waals surface area contributed by atoms with E-state index in [0.717, 1.165) is 36.3 Å². The van der Waals surface area contributed by atoms with E-state index in [1.165, 1.54) is 12.1 Å². The van der Waals surface area contributed by atoms with Gasteiger partial charge in [0.1, 0.15) is 18.2 Å². The Bertz CT molecular complexity index is 570. The smallest absolute Gasteiger partial charge is 0.130 e. The Kier molecular flexibility index (Phi) is 5.69. The van der Waals surface area contributed by atoms with Crippen LogP contribution in [0.2, 0.25) is 0 Å². The van der Waals surface area contributed by atoms with Crippen LogP contribution in [0.3, 0.4) is 0 Å². The summed E-state index contributed by atoms with van der Waals surface area (Å²) >= 11 is 0. The average molecular weight is 288 g/mol. The van der Waals surface area contributed by atoms with Gasteiger partial charge in [0.2, 0.25) is 0 Å². The van der Waals surface area contributed by atoms with Gasteiger partial charge in [-0.15, -0.1) is 0 Å². The SMILES string of the molecule is CCCNCc1ccc(COc2cc(F)ccc2C)nc1. The van der Waals surface area contributed by atoms with Crippen molar-refractivity contribution in [2.24, 2.45) is 0 Å². The van der Waals surface area contributed by atoms with Crippen molar-refractivity contribution in [3.8, 4) is 5.75 Å². The summed E-state index contributed by atoms with van der Waals surface area (Å²) in [5.41, 5.74) is 2.89. The van der Waals surface area contributed by atoms with Crippen LogP contribution in [0.1, 0.15) is 30.2 Å². The van der Waals surface area contributed by atoms with Gasteiger partial charge in [-0.3, -0.25) is 4.98 Å². The van der Waals surface area contributed by atoms with E-state index in [4.69, 9.17) is 4.74 Å². The van der Waals surface area contributed by atoms with Gasteiger partial charge in [-0.2, -0.15) is 0 Å². The number of hydrogen-bond donors (Lipinski definition) is 1. The molecule has 0 amide bonds. The molecule has 0 fully saturated rings. The number of halogens is 1. The molecule has 0 saturated heterocycles. The van der Waals surface area contributed by atoms with E-state index < -0.39 is 0 Å². The van der Waals surface area contributed by atoms with Gasteiger partial charge in [0.05, 0.1) is 5.69 Å². The maximum absolute atomic E-state index is 13.2. The highest BCUT2D eigenvalue weighted by Crippen LogP contribution is 2.19. The van der Waals surface area contributed by atoms with Crippen LogP contribution in [0.25, 0.3) is 0 Å². The van der Waals surface area contributed by atoms with Gasteiger partial charge in [-0.1, -0.05) is 19.1 Å². The molecule has 1 aromatic heterocycles. The Morgan fingerprint density at radius 3 is 2.81 bits per heavy atom. The van der Waals surface area contributed by atoms with Crippen LogP contribution in [0.15, 0.2) is 36.5 Å². The summed E-state index contributed by atoms with van der Waals surface area (Å²) in [6.07, 6.45) is 2.96. The topological polar surface area (TPSA) is 34.1 Å². The molecule has 0 aliphatic rings. The number of hydrogen-bond acceptors (Lipinski definition) is 3. The molecule has 0 bridgehead atoms. The number of nitrogens with one attached hydrogen (secondary N) is 1. The van der Waals surface area contributed by atoms with E-state index in [1.54, 1.807) is 6.07 Å². The second kappa shape index (κ2) is 7.74. The van der Waals surface area contributed by atoms with Crippen molar-refractivity contribution >= 4 is 0 Å². The number of pyridine rings is 1. The fourth-order valence-corrected chi connectivity index (χ4v) is 1.94. The highest BCUT2D eigenvalue weighted by molar-refractivity contribution is 5.32. The van der Waals surface area contributed by atoms with Crippen LogP contribution in [-0.4, -0.2) is 11.5 Å². The van der Waals surface area contributed by atoms with Crippen LogP contribution in [0.4, 0.5) is 4.39 Å². The number of aryl methyl sites for hydroxylation is 1. The van der Waals surface area contributed by atoms with Crippen LogP contribution in [0.5, 0.6) is 5.75 Å². The quantitative estimate of drug-likeness (QED) is 0.790. The maximum Gasteiger partial charge on any atom is 0.130 e. The van der Waals surface area contributed by atoms with Crippen molar-refractivity contribution < 1.29 is 9.13 Å². The van der Waals surface area contributed by atoms with Crippen LogP contribution in [0, 0.1) is 12.7 Å². The molecule has 0 radical (unpaired) electrons. The predicted molar refractivity (Wildman–Crippen MR) is 81.7 cm³/mol. The molecule has 1 heterocycles. The van der Waals surface area contributed by atoms with Crippen molar-refractivity contribution in [2.75, 3.05) is 6.54 Å². The molecule has 0 spiro atoms. The minimum absolute atomic E-state index is 0.291. The number of benzene rings is 1. The third kappa shape index (κ3) is 4.83. The van der Waals surface area contributed by atoms with Gasteiger partial charge in [0, 0.05) is 18.8 Å². The van der Waals surface area contributed by atoms with Crippen molar-refractivity contribution in [3.05, 3.63) is 59.2 Å². The predicted octanol–water partition coefficient (Wildman–Crippen LogP) is 3.61. The van der Waals surface area contributed by atoms with E-state index in [0.29, 0.717) is 12.4 Å². The van der Waals surface area contributed by atoms with E-state index in [2.05, 4.69) is 17.2 Å². The van der Waals surface area contributed by atoms with Gasteiger partial charge in [-0.05, 0) is 43.1 Å². The molecule has 2 aromatic rings. The van der Waals surface area contributed by atoms with Gasteiger partial charge in [0.25, 0.3) is 0 Å². The molecule has 112 valence electrons. The number of ether oxygens (including phenoxy) is 1. The minimum atomic E-state index is -0.291. The zero-order valence-electron chi connectivity index (χ0n) is 12.5. The minimum Gasteiger partial charge on any atom is -0.487 e. The normalized spacial score (nSPS) is 10.6. The summed E-state index contributed by atoms with van der Waals surface area (Å²) in [6.45, 7) is 6.20. The van der Waals surface area contributed by atoms with Crippen molar-refractivity contribution in [2.45, 2.75) is 33.4 Å². The molecule has 0 unspecified atom stereocenters. The summed E-state index contributed by atoms with van der Waals surface area (Å²) < 4.78 is 18.8. The zero-order chi connectivity index (χ0) is 15.1. The summed E-state index contributed by atoms with van der Waals surface area (Å²) in [6, 6.07) is 8.52. The molecule has 0 saturated carbocycles. The van der Waals surface area contributed by atoms with E-state index >= 15 is 0 Å². The molecule has 2 rings (SSSR count). The molecule has 0 aliphatic carbocycles. The molecule has 4 heteroatoms. The highest BCUT2D eigenvalue weighted by Gasteiger charge is 2.03. The Balaban J connectivity index is 1.90. The first-order valence-corrected chi connectivity index (χ1v) is 7.22. The van der Waals surface area contributed by atoms with E-state index in [-0.39, 0.29) is 5.82 Å². The largest absolute Gasteiger partial charge is 0.487 e. The first-order valence-electron chi connectivity index (χ1n) is 7.22. The Morgan fingerprint density at radius 2 is 2.10 bits per heavy atom. The molecule has 0 atom stereocenters. The Labute approximate surface area is 125 Å². The van der Waals surface area contributed by atoms with E-state index in [1.807, 2.05) is 25.3 Å². The standard InChI is InChI=1S/C17H21FN2O/c1-3-8-19-10-14-5-7-16(20-11-14)12-21-17-9-15(18)6-4-13(17)2/h4-7,9,11,19H,3,8,10,12H2,1-2H3. The third-order valence-electron chi connectivity index (χ3n) is 3.17. The summed E-state index contributed by atoms with van der Waals surface area (Å²) in [4.78, 5) is 4.37. The molecule has 3 nitrogen and oxygen atoms in total. The molecule has 0 aliphatic heterocycles. The summed E-state index contributed by atoms with van der Waals surface area (Å²) in [5.74, 6) is 0.270. The van der Waals surface area contributed by atoms with Crippen molar-refractivity contribution in [1.29, 1.82) is 0 Å². The lowest BCUT2D eigenvalue weighted by molar-refractivity contribution is 0.297.